The molecule has 0 aromatic heterocycles. The van der Waals surface area contributed by atoms with Gasteiger partial charge in [0.25, 0.3) is 15.9 Å². The summed E-state index contributed by atoms with van der Waals surface area (Å²) in [6.45, 7) is 6.65. The molecular weight excluding hydrogens is 480 g/mol. The number of fused-ring (bicyclic) bond motifs is 2. The van der Waals surface area contributed by atoms with Gasteiger partial charge in [0.05, 0.1) is 11.9 Å². The molecule has 3 N–H and O–H groups in total. The average Bonchev–Trinajstić information content (AvgIpc) is 3.21. The van der Waals surface area contributed by atoms with E-state index < -0.39 is 31.4 Å². The number of hydrogen-bond acceptors (Lipinski definition) is 7. The number of sulfonamides is 2. The first kappa shape index (κ1) is 24.5. The summed E-state index contributed by atoms with van der Waals surface area (Å²) in [5.41, 5.74) is -0.634. The molecular formula is C22H30N4O6S2. The highest BCUT2D eigenvalue weighted by molar-refractivity contribution is 7.92. The smallest absolute Gasteiger partial charge is 0.286 e. The highest BCUT2D eigenvalue weighted by Gasteiger charge is 2.52. The molecule has 2 unspecified atom stereocenters. The number of carbonyl (C=O) groups excluding carboxylic acids is 1. The molecule has 1 aromatic rings. The van der Waals surface area contributed by atoms with Crippen LogP contribution < -0.4 is 10.0 Å². The van der Waals surface area contributed by atoms with Gasteiger partial charge < -0.3 is 15.3 Å². The van der Waals surface area contributed by atoms with Crippen molar-refractivity contribution in [2.45, 2.75) is 57.4 Å². The van der Waals surface area contributed by atoms with Gasteiger partial charge in [0.2, 0.25) is 10.0 Å². The number of aliphatic hydroxyl groups is 1. The number of amidine groups is 1. The Kier molecular flexibility index (Phi) is 5.96. The van der Waals surface area contributed by atoms with Gasteiger partial charge in [0.1, 0.15) is 16.2 Å². The van der Waals surface area contributed by atoms with Gasteiger partial charge in [-0.15, -0.1) is 4.40 Å². The van der Waals surface area contributed by atoms with Crippen molar-refractivity contribution in [2.75, 3.05) is 22.8 Å². The van der Waals surface area contributed by atoms with Crippen molar-refractivity contribution in [1.82, 2.24) is 4.90 Å². The van der Waals surface area contributed by atoms with Gasteiger partial charge in [-0.2, -0.15) is 8.42 Å². The van der Waals surface area contributed by atoms with E-state index in [9.17, 15) is 26.7 Å². The van der Waals surface area contributed by atoms with Gasteiger partial charge in [-0.1, -0.05) is 20.8 Å². The van der Waals surface area contributed by atoms with E-state index in [1.165, 1.54) is 18.2 Å². The van der Waals surface area contributed by atoms with Crippen molar-refractivity contribution >= 4 is 43.2 Å². The SMILES string of the molecule is CC(C)CCC1(C)C(O)=C(C2=NS(=O)(=O)c3cc(NS(C)(=O)=O)ccc3N2)C(=O)N2CCCC21. The van der Waals surface area contributed by atoms with Gasteiger partial charge in [-0.05, 0) is 49.8 Å². The van der Waals surface area contributed by atoms with Crippen LogP contribution in [0.2, 0.25) is 0 Å². The topological polar surface area (TPSA) is 145 Å². The molecule has 2 atom stereocenters. The van der Waals surface area contributed by atoms with Crippen LogP contribution in [0, 0.1) is 11.3 Å². The summed E-state index contributed by atoms with van der Waals surface area (Å²) in [5.74, 6) is -0.406. The molecule has 1 aromatic carbocycles. The van der Waals surface area contributed by atoms with E-state index in [0.717, 1.165) is 25.5 Å². The van der Waals surface area contributed by atoms with Crippen molar-refractivity contribution in [3.63, 3.8) is 0 Å². The zero-order valence-corrected chi connectivity index (χ0v) is 21.3. The number of benzene rings is 1. The molecule has 0 bridgehead atoms. The number of hydrogen-bond donors (Lipinski definition) is 3. The van der Waals surface area contributed by atoms with Crippen molar-refractivity contribution < 1.29 is 26.7 Å². The minimum absolute atomic E-state index is 0.0715. The lowest BCUT2D eigenvalue weighted by atomic mass is 9.70. The van der Waals surface area contributed by atoms with Crippen LogP contribution in [0.3, 0.4) is 0 Å². The molecule has 12 heteroatoms. The monoisotopic (exact) mass is 510 g/mol. The predicted molar refractivity (Wildman–Crippen MR) is 130 cm³/mol. The van der Waals surface area contributed by atoms with Crippen molar-refractivity contribution in [3.8, 4) is 0 Å². The Morgan fingerprint density at radius 1 is 1.35 bits per heavy atom. The van der Waals surface area contributed by atoms with Crippen LogP contribution in [0.15, 0.2) is 38.8 Å². The maximum Gasteiger partial charge on any atom is 0.286 e. The van der Waals surface area contributed by atoms with E-state index in [1.807, 2.05) is 6.92 Å². The van der Waals surface area contributed by atoms with Crippen molar-refractivity contribution in [3.05, 3.63) is 29.5 Å². The summed E-state index contributed by atoms with van der Waals surface area (Å²) in [4.78, 5) is 14.9. The first-order valence-corrected chi connectivity index (χ1v) is 14.5. The predicted octanol–water partition coefficient (Wildman–Crippen LogP) is 2.83. The minimum Gasteiger partial charge on any atom is -0.511 e. The summed E-state index contributed by atoms with van der Waals surface area (Å²) in [6, 6.07) is 3.82. The second-order valence-corrected chi connectivity index (χ2v) is 13.2. The van der Waals surface area contributed by atoms with Crippen LogP contribution in [-0.2, 0) is 24.8 Å². The zero-order chi connectivity index (χ0) is 25.1. The standard InChI is InChI=1S/C22H30N4O6S2/c1-13(2)9-10-22(3)17-6-5-11-26(17)21(28)18(19(22)27)20-23-15-8-7-14(24-33(4,29)30)12-16(15)34(31,32)25-20/h7-8,12-13,17,24,27H,5-6,9-11H2,1-4H3,(H,23,25). The fourth-order valence-corrected chi connectivity index (χ4v) is 6.70. The van der Waals surface area contributed by atoms with Crippen molar-refractivity contribution in [2.24, 2.45) is 15.7 Å². The Hall–Kier alpha value is -2.60. The second-order valence-electron chi connectivity index (χ2n) is 9.86. The fourth-order valence-electron chi connectivity index (χ4n) is 4.99. The van der Waals surface area contributed by atoms with E-state index in [0.29, 0.717) is 18.9 Å². The molecule has 0 saturated carbocycles. The average molecular weight is 511 g/mol. The quantitative estimate of drug-likeness (QED) is 0.533. The highest BCUT2D eigenvalue weighted by atomic mass is 32.2. The van der Waals surface area contributed by atoms with Gasteiger partial charge in [-0.25, -0.2) is 8.42 Å². The van der Waals surface area contributed by atoms with Crippen LogP contribution in [0.25, 0.3) is 0 Å². The number of anilines is 2. The summed E-state index contributed by atoms with van der Waals surface area (Å²) in [7, 11) is -7.88. The summed E-state index contributed by atoms with van der Waals surface area (Å²) in [5, 5.41) is 14.3. The molecule has 10 nitrogen and oxygen atoms in total. The maximum absolute atomic E-state index is 13.4. The Balaban J connectivity index is 1.79. The molecule has 186 valence electrons. The number of carbonyl (C=O) groups is 1. The molecule has 1 saturated heterocycles. The molecule has 0 radical (unpaired) electrons. The second kappa shape index (κ2) is 8.26. The Labute approximate surface area is 200 Å². The number of nitrogens with zero attached hydrogens (tertiary/aromatic N) is 2. The van der Waals surface area contributed by atoms with E-state index in [1.54, 1.807) is 4.90 Å². The lowest BCUT2D eigenvalue weighted by Gasteiger charge is -2.45. The Morgan fingerprint density at radius 2 is 2.06 bits per heavy atom. The third kappa shape index (κ3) is 4.28. The lowest BCUT2D eigenvalue weighted by molar-refractivity contribution is -0.132. The molecule has 1 amide bonds. The maximum atomic E-state index is 13.4. The fraction of sp³-hybridized carbons (Fsp3) is 0.545. The van der Waals surface area contributed by atoms with Crippen LogP contribution in [0.4, 0.5) is 11.4 Å². The molecule has 3 heterocycles. The third-order valence-electron chi connectivity index (χ3n) is 6.75. The largest absolute Gasteiger partial charge is 0.511 e. The number of amides is 1. The van der Waals surface area contributed by atoms with Crippen LogP contribution in [0.5, 0.6) is 0 Å². The van der Waals surface area contributed by atoms with E-state index >= 15 is 0 Å². The third-order valence-corrected chi connectivity index (χ3v) is 8.67. The van der Waals surface area contributed by atoms with Crippen molar-refractivity contribution in [1.29, 1.82) is 0 Å². The summed E-state index contributed by atoms with van der Waals surface area (Å²) >= 11 is 0. The van der Waals surface area contributed by atoms with Gasteiger partial charge in [-0.3, -0.25) is 9.52 Å². The van der Waals surface area contributed by atoms with Gasteiger partial charge in [0, 0.05) is 23.7 Å². The van der Waals surface area contributed by atoms with Gasteiger partial charge >= 0.3 is 0 Å². The van der Waals surface area contributed by atoms with E-state index in [4.69, 9.17) is 0 Å². The Morgan fingerprint density at radius 3 is 2.71 bits per heavy atom. The molecule has 1 fully saturated rings. The molecule has 3 aliphatic heterocycles. The van der Waals surface area contributed by atoms with E-state index in [2.05, 4.69) is 28.3 Å². The summed E-state index contributed by atoms with van der Waals surface area (Å²) < 4.78 is 55.2. The van der Waals surface area contributed by atoms with Crippen LogP contribution in [-0.4, -0.2) is 57.4 Å². The summed E-state index contributed by atoms with van der Waals surface area (Å²) in [6.07, 6.45) is 4.02. The highest BCUT2D eigenvalue weighted by Crippen LogP contribution is 2.48. The first-order valence-electron chi connectivity index (χ1n) is 11.2. The number of aliphatic hydroxyl groups excluding tert-OH is 1. The van der Waals surface area contributed by atoms with Crippen LogP contribution in [0.1, 0.15) is 46.5 Å². The molecule has 3 aliphatic rings. The number of nitrogens with one attached hydrogen (secondary N) is 2. The molecule has 0 aliphatic carbocycles. The molecule has 0 spiro atoms. The van der Waals surface area contributed by atoms with Crippen LogP contribution >= 0.6 is 0 Å². The normalized spacial score (nSPS) is 26.1. The van der Waals surface area contributed by atoms with Gasteiger partial charge in [0.15, 0.2) is 5.84 Å². The lowest BCUT2D eigenvalue weighted by Crippen LogP contribution is -2.53. The number of rotatable bonds is 6. The minimum atomic E-state index is -4.28. The molecule has 34 heavy (non-hydrogen) atoms. The zero-order valence-electron chi connectivity index (χ0n) is 19.6. The molecule has 4 rings (SSSR count). The van der Waals surface area contributed by atoms with E-state index in [-0.39, 0.29) is 39.5 Å². The first-order chi connectivity index (χ1) is 15.7. The Bertz CT molecular complexity index is 1320.